The maximum Gasteiger partial charge on any atom is 0.259 e. The molecule has 0 saturated carbocycles. The van der Waals surface area contributed by atoms with Gasteiger partial charge in [0.05, 0.1) is 33.1 Å². The van der Waals surface area contributed by atoms with Crippen LogP contribution in [0.25, 0.3) is 0 Å². The van der Waals surface area contributed by atoms with E-state index in [2.05, 4.69) is 31.8 Å². The van der Waals surface area contributed by atoms with E-state index in [9.17, 15) is 9.59 Å². The van der Waals surface area contributed by atoms with Crippen LogP contribution in [0.3, 0.4) is 0 Å². The van der Waals surface area contributed by atoms with E-state index in [0.717, 1.165) is 4.47 Å². The zero-order chi connectivity index (χ0) is 22.1. The molecule has 0 heterocycles. The molecule has 2 aromatic carbocycles. The summed E-state index contributed by atoms with van der Waals surface area (Å²) in [7, 11) is 2.99. The van der Waals surface area contributed by atoms with E-state index in [4.69, 9.17) is 14.2 Å². The lowest BCUT2D eigenvalue weighted by atomic mass is 10.2. The summed E-state index contributed by atoms with van der Waals surface area (Å²) in [5.41, 5.74) is 3.42. The maximum absolute atomic E-state index is 12.2. The van der Waals surface area contributed by atoms with E-state index < -0.39 is 11.8 Å². The minimum atomic E-state index is -0.471. The maximum atomic E-state index is 12.2. The van der Waals surface area contributed by atoms with E-state index in [1.807, 2.05) is 32.0 Å². The Bertz CT molecular complexity index is 931. The molecule has 0 fully saturated rings. The van der Waals surface area contributed by atoms with Gasteiger partial charge in [-0.05, 0) is 50.2 Å². The van der Waals surface area contributed by atoms with Gasteiger partial charge in [0.1, 0.15) is 5.75 Å². The van der Waals surface area contributed by atoms with Crippen LogP contribution >= 0.6 is 15.9 Å². The first kappa shape index (κ1) is 23.2. The van der Waals surface area contributed by atoms with Crippen molar-refractivity contribution in [1.29, 1.82) is 0 Å². The summed E-state index contributed by atoms with van der Waals surface area (Å²) >= 11 is 3.40. The summed E-state index contributed by atoms with van der Waals surface area (Å²) in [6, 6.07) is 10.2. The Hall–Kier alpha value is -3.07. The predicted molar refractivity (Wildman–Crippen MR) is 118 cm³/mol. The molecule has 30 heavy (non-hydrogen) atoms. The second-order valence-electron chi connectivity index (χ2n) is 6.39. The van der Waals surface area contributed by atoms with Crippen molar-refractivity contribution in [2.24, 2.45) is 5.10 Å². The quantitative estimate of drug-likeness (QED) is 0.427. The molecule has 0 saturated heterocycles. The van der Waals surface area contributed by atoms with Crippen molar-refractivity contribution in [1.82, 2.24) is 10.7 Å². The number of hydrogen-bond acceptors (Lipinski definition) is 6. The van der Waals surface area contributed by atoms with Crippen molar-refractivity contribution in [3.63, 3.8) is 0 Å². The molecular weight excluding hydrogens is 454 g/mol. The standard InChI is InChI=1S/C21H24BrN3O5/c1-13(2)30-17-8-6-16(22)9-15(17)11-24-25-20(26)12-23-21(27)14-5-7-18(28-3)19(10-14)29-4/h5-11,13H,12H2,1-4H3,(H,23,27)(H,25,26)/b24-11+. The molecule has 8 nitrogen and oxygen atoms in total. The molecule has 2 N–H and O–H groups in total. The molecule has 160 valence electrons. The average molecular weight is 478 g/mol. The number of amides is 2. The Morgan fingerprint density at radius 3 is 2.43 bits per heavy atom. The fraction of sp³-hybridized carbons (Fsp3) is 0.286. The molecule has 0 aliphatic carbocycles. The number of carbonyl (C=O) groups excluding carboxylic acids is 2. The first-order chi connectivity index (χ1) is 14.3. The lowest BCUT2D eigenvalue weighted by Crippen LogP contribution is -2.34. The Morgan fingerprint density at radius 1 is 1.07 bits per heavy atom. The van der Waals surface area contributed by atoms with Crippen molar-refractivity contribution < 1.29 is 23.8 Å². The molecule has 0 aliphatic rings. The van der Waals surface area contributed by atoms with Crippen LogP contribution in [0.15, 0.2) is 46.0 Å². The fourth-order valence-corrected chi connectivity index (χ4v) is 2.81. The van der Waals surface area contributed by atoms with Gasteiger partial charge in [-0.1, -0.05) is 15.9 Å². The van der Waals surface area contributed by atoms with E-state index in [1.165, 1.54) is 26.5 Å². The number of methoxy groups -OCH3 is 2. The van der Waals surface area contributed by atoms with Crippen LogP contribution in [0, 0.1) is 0 Å². The number of rotatable bonds is 9. The molecule has 2 rings (SSSR count). The number of hydrogen-bond donors (Lipinski definition) is 2. The Labute approximate surface area is 183 Å². The van der Waals surface area contributed by atoms with Gasteiger partial charge in [-0.25, -0.2) is 5.43 Å². The van der Waals surface area contributed by atoms with Gasteiger partial charge < -0.3 is 19.5 Å². The third-order valence-corrected chi connectivity index (χ3v) is 4.28. The lowest BCUT2D eigenvalue weighted by Gasteiger charge is -2.12. The predicted octanol–water partition coefficient (Wildman–Crippen LogP) is 3.13. The summed E-state index contributed by atoms with van der Waals surface area (Å²) in [6.45, 7) is 3.61. The Kier molecular flexibility index (Phi) is 8.67. The smallest absolute Gasteiger partial charge is 0.259 e. The van der Waals surface area contributed by atoms with Gasteiger partial charge in [0.25, 0.3) is 11.8 Å². The van der Waals surface area contributed by atoms with Gasteiger partial charge in [-0.2, -0.15) is 5.10 Å². The highest BCUT2D eigenvalue weighted by atomic mass is 79.9. The second-order valence-corrected chi connectivity index (χ2v) is 7.31. The lowest BCUT2D eigenvalue weighted by molar-refractivity contribution is -0.120. The number of ether oxygens (including phenoxy) is 3. The van der Waals surface area contributed by atoms with E-state index in [-0.39, 0.29) is 12.6 Å². The number of nitrogens with zero attached hydrogens (tertiary/aromatic N) is 1. The number of benzene rings is 2. The molecule has 0 bridgehead atoms. The second kappa shape index (κ2) is 11.2. The van der Waals surface area contributed by atoms with Gasteiger partial charge in [0, 0.05) is 15.6 Å². The van der Waals surface area contributed by atoms with Crippen molar-refractivity contribution in [3.8, 4) is 17.2 Å². The molecule has 0 radical (unpaired) electrons. The van der Waals surface area contributed by atoms with Crippen LogP contribution in [-0.2, 0) is 4.79 Å². The summed E-state index contributed by atoms with van der Waals surface area (Å²) in [4.78, 5) is 24.2. The van der Waals surface area contributed by atoms with Gasteiger partial charge >= 0.3 is 0 Å². The molecule has 2 aromatic rings. The van der Waals surface area contributed by atoms with Gasteiger partial charge in [0.2, 0.25) is 0 Å². The summed E-state index contributed by atoms with van der Waals surface area (Å²) in [5.74, 6) is 0.686. The Morgan fingerprint density at radius 2 is 1.77 bits per heavy atom. The number of nitrogens with one attached hydrogen (secondary N) is 2. The third-order valence-electron chi connectivity index (χ3n) is 3.78. The van der Waals surface area contributed by atoms with Crippen LogP contribution in [0.4, 0.5) is 0 Å². The molecule has 0 aromatic heterocycles. The normalized spacial score (nSPS) is 10.7. The molecule has 0 unspecified atom stereocenters. The summed E-state index contributed by atoms with van der Waals surface area (Å²) in [5, 5.41) is 6.47. The molecule has 9 heteroatoms. The number of halogens is 1. The highest BCUT2D eigenvalue weighted by Crippen LogP contribution is 2.27. The zero-order valence-corrected chi connectivity index (χ0v) is 18.8. The zero-order valence-electron chi connectivity index (χ0n) is 17.2. The Balaban J connectivity index is 1.92. The van der Waals surface area contributed by atoms with Crippen molar-refractivity contribution in [2.75, 3.05) is 20.8 Å². The topological polar surface area (TPSA) is 98.2 Å². The number of hydrazone groups is 1. The van der Waals surface area contributed by atoms with Crippen LogP contribution in [0.1, 0.15) is 29.8 Å². The van der Waals surface area contributed by atoms with E-state index >= 15 is 0 Å². The van der Waals surface area contributed by atoms with Gasteiger partial charge in [-0.15, -0.1) is 0 Å². The van der Waals surface area contributed by atoms with Crippen LogP contribution in [0.5, 0.6) is 17.2 Å². The van der Waals surface area contributed by atoms with Gasteiger partial charge in [0.15, 0.2) is 11.5 Å². The number of carbonyl (C=O) groups is 2. The summed E-state index contributed by atoms with van der Waals surface area (Å²) in [6.07, 6.45) is 1.48. The molecule has 0 aliphatic heterocycles. The minimum Gasteiger partial charge on any atom is -0.493 e. The third kappa shape index (κ3) is 6.77. The molecule has 0 atom stereocenters. The monoisotopic (exact) mass is 477 g/mol. The molecule has 2 amide bonds. The van der Waals surface area contributed by atoms with Crippen molar-refractivity contribution in [3.05, 3.63) is 52.0 Å². The van der Waals surface area contributed by atoms with Crippen LogP contribution in [-0.4, -0.2) is 44.9 Å². The SMILES string of the molecule is COc1ccc(C(=O)NCC(=O)N/N=C/c2cc(Br)ccc2OC(C)C)cc1OC. The van der Waals surface area contributed by atoms with Gasteiger partial charge in [-0.3, -0.25) is 9.59 Å². The highest BCUT2D eigenvalue weighted by Gasteiger charge is 2.12. The van der Waals surface area contributed by atoms with Crippen LogP contribution < -0.4 is 25.0 Å². The van der Waals surface area contributed by atoms with Crippen LogP contribution in [0.2, 0.25) is 0 Å². The first-order valence-corrected chi connectivity index (χ1v) is 9.91. The fourth-order valence-electron chi connectivity index (χ4n) is 2.43. The molecular formula is C21H24BrN3O5. The first-order valence-electron chi connectivity index (χ1n) is 9.12. The molecule has 0 spiro atoms. The average Bonchev–Trinajstić information content (AvgIpc) is 2.73. The van der Waals surface area contributed by atoms with Crippen molar-refractivity contribution >= 4 is 34.0 Å². The van der Waals surface area contributed by atoms with E-state index in [1.54, 1.807) is 12.1 Å². The van der Waals surface area contributed by atoms with Crippen molar-refractivity contribution in [2.45, 2.75) is 20.0 Å². The van der Waals surface area contributed by atoms with E-state index in [0.29, 0.717) is 28.4 Å². The summed E-state index contributed by atoms with van der Waals surface area (Å²) < 4.78 is 16.9. The minimum absolute atomic E-state index is 0.000271. The highest BCUT2D eigenvalue weighted by molar-refractivity contribution is 9.10. The largest absolute Gasteiger partial charge is 0.493 e.